The lowest BCUT2D eigenvalue weighted by Crippen LogP contribution is -2.13. The Kier molecular flexibility index (Phi) is 4.68. The Balaban J connectivity index is 1.50. The maximum absolute atomic E-state index is 12.6. The van der Waals surface area contributed by atoms with E-state index in [1.807, 2.05) is 24.4 Å². The van der Waals surface area contributed by atoms with E-state index in [-0.39, 0.29) is 18.0 Å². The predicted molar refractivity (Wildman–Crippen MR) is 96.1 cm³/mol. The number of nitrogens with zero attached hydrogens (tertiary/aromatic N) is 3. The van der Waals surface area contributed by atoms with Gasteiger partial charge in [0.2, 0.25) is 5.95 Å². The first kappa shape index (κ1) is 16.7. The van der Waals surface area contributed by atoms with Gasteiger partial charge in [-0.15, -0.1) is 5.10 Å². The van der Waals surface area contributed by atoms with Crippen molar-refractivity contribution in [2.75, 3.05) is 25.6 Å². The van der Waals surface area contributed by atoms with Crippen molar-refractivity contribution in [2.45, 2.75) is 25.5 Å². The number of nitrogens with one attached hydrogen (secondary N) is 2. The first-order valence-electron chi connectivity index (χ1n) is 8.67. The molecule has 0 bridgehead atoms. The molecule has 1 atom stereocenters. The van der Waals surface area contributed by atoms with Crippen LogP contribution in [-0.4, -0.2) is 46.0 Å². The Hall–Kier alpha value is -2.71. The Morgan fingerprint density at radius 3 is 3.19 bits per heavy atom. The molecule has 8 heteroatoms. The number of amides is 1. The minimum absolute atomic E-state index is 0.0615. The molecule has 0 saturated carbocycles. The standard InChI is InChI=1S/C18H21N5O3/c1-25-10-8-23-7-6-12-4-5-13(11-14(12)23)17(24)20-18-19-16(21-22-18)15-3-2-9-26-15/h4-7,11,15H,2-3,8-10H2,1H3,(H2,19,20,21,22,24). The van der Waals surface area contributed by atoms with E-state index < -0.39 is 0 Å². The molecule has 1 amide bonds. The summed E-state index contributed by atoms with van der Waals surface area (Å²) in [5.41, 5.74) is 1.54. The van der Waals surface area contributed by atoms with Crippen LogP contribution < -0.4 is 5.32 Å². The third kappa shape index (κ3) is 3.33. The molecule has 2 aromatic heterocycles. The number of hydrogen-bond acceptors (Lipinski definition) is 5. The molecule has 8 nitrogen and oxygen atoms in total. The van der Waals surface area contributed by atoms with E-state index in [1.165, 1.54) is 0 Å². The molecule has 1 aliphatic rings. The van der Waals surface area contributed by atoms with Gasteiger partial charge in [-0.05, 0) is 36.4 Å². The summed E-state index contributed by atoms with van der Waals surface area (Å²) < 4.78 is 12.8. The van der Waals surface area contributed by atoms with Crippen molar-refractivity contribution in [3.8, 4) is 0 Å². The lowest BCUT2D eigenvalue weighted by Gasteiger charge is -2.06. The second kappa shape index (κ2) is 7.27. The first-order chi connectivity index (χ1) is 12.7. The second-order valence-corrected chi connectivity index (χ2v) is 6.28. The number of aromatic amines is 1. The minimum Gasteiger partial charge on any atom is -0.383 e. The molecule has 1 aromatic carbocycles. The van der Waals surface area contributed by atoms with Crippen molar-refractivity contribution in [3.63, 3.8) is 0 Å². The molecule has 26 heavy (non-hydrogen) atoms. The van der Waals surface area contributed by atoms with Crippen LogP contribution in [0, 0.1) is 0 Å². The average molecular weight is 355 g/mol. The quantitative estimate of drug-likeness (QED) is 0.708. The fourth-order valence-corrected chi connectivity index (χ4v) is 3.15. The summed E-state index contributed by atoms with van der Waals surface area (Å²) in [6.07, 6.45) is 3.86. The zero-order valence-corrected chi connectivity index (χ0v) is 14.6. The van der Waals surface area contributed by atoms with E-state index in [0.717, 1.165) is 36.9 Å². The van der Waals surface area contributed by atoms with E-state index in [0.29, 0.717) is 18.0 Å². The molecule has 136 valence electrons. The zero-order chi connectivity index (χ0) is 17.9. The van der Waals surface area contributed by atoms with Gasteiger partial charge in [-0.25, -0.2) is 0 Å². The van der Waals surface area contributed by atoms with Crippen LogP contribution in [0.25, 0.3) is 10.9 Å². The molecular formula is C18H21N5O3. The van der Waals surface area contributed by atoms with E-state index in [9.17, 15) is 4.79 Å². The van der Waals surface area contributed by atoms with Crippen LogP contribution in [0.3, 0.4) is 0 Å². The van der Waals surface area contributed by atoms with Crippen LogP contribution >= 0.6 is 0 Å². The number of rotatable bonds is 6. The van der Waals surface area contributed by atoms with Gasteiger partial charge in [0, 0.05) is 37.5 Å². The fourth-order valence-electron chi connectivity index (χ4n) is 3.15. The number of aromatic nitrogens is 4. The molecule has 1 fully saturated rings. The average Bonchev–Trinajstić information content (AvgIpc) is 3.39. The van der Waals surface area contributed by atoms with Crippen LogP contribution in [0.15, 0.2) is 30.5 Å². The molecule has 1 aliphatic heterocycles. The maximum atomic E-state index is 12.6. The molecule has 3 heterocycles. The molecule has 2 N–H and O–H groups in total. The van der Waals surface area contributed by atoms with E-state index in [4.69, 9.17) is 9.47 Å². The molecule has 1 saturated heterocycles. The van der Waals surface area contributed by atoms with Gasteiger partial charge in [-0.1, -0.05) is 6.07 Å². The van der Waals surface area contributed by atoms with Crippen molar-refractivity contribution in [1.29, 1.82) is 0 Å². The number of carbonyl (C=O) groups excluding carboxylic acids is 1. The van der Waals surface area contributed by atoms with Gasteiger partial charge in [0.15, 0.2) is 5.82 Å². The highest BCUT2D eigenvalue weighted by Gasteiger charge is 2.22. The molecule has 4 rings (SSSR count). The van der Waals surface area contributed by atoms with Gasteiger partial charge < -0.3 is 14.0 Å². The zero-order valence-electron chi connectivity index (χ0n) is 14.6. The van der Waals surface area contributed by atoms with Crippen molar-refractivity contribution in [3.05, 3.63) is 41.9 Å². The monoisotopic (exact) mass is 355 g/mol. The summed E-state index contributed by atoms with van der Waals surface area (Å²) in [4.78, 5) is 16.9. The van der Waals surface area contributed by atoms with Gasteiger partial charge in [-0.3, -0.25) is 15.2 Å². The van der Waals surface area contributed by atoms with Gasteiger partial charge >= 0.3 is 0 Å². The van der Waals surface area contributed by atoms with Crippen molar-refractivity contribution in [1.82, 2.24) is 19.7 Å². The summed E-state index contributed by atoms with van der Waals surface area (Å²) in [6.45, 7) is 2.08. The Morgan fingerprint density at radius 1 is 1.46 bits per heavy atom. The summed E-state index contributed by atoms with van der Waals surface area (Å²) >= 11 is 0. The number of ether oxygens (including phenoxy) is 2. The smallest absolute Gasteiger partial charge is 0.258 e. The predicted octanol–water partition coefficient (Wildman–Crippen LogP) is 2.51. The number of hydrogen-bond donors (Lipinski definition) is 2. The molecule has 0 aliphatic carbocycles. The summed E-state index contributed by atoms with van der Waals surface area (Å²) in [5, 5.41) is 10.7. The molecule has 1 unspecified atom stereocenters. The first-order valence-corrected chi connectivity index (χ1v) is 8.67. The summed E-state index contributed by atoms with van der Waals surface area (Å²) in [7, 11) is 1.67. The van der Waals surface area contributed by atoms with Crippen LogP contribution in [0.4, 0.5) is 5.95 Å². The minimum atomic E-state index is -0.246. The highest BCUT2D eigenvalue weighted by molar-refractivity contribution is 6.05. The number of benzene rings is 1. The van der Waals surface area contributed by atoms with E-state index >= 15 is 0 Å². The number of anilines is 1. The Labute approximate surface area is 150 Å². The maximum Gasteiger partial charge on any atom is 0.258 e. The van der Waals surface area contributed by atoms with Gasteiger partial charge in [0.25, 0.3) is 5.91 Å². The molecule has 3 aromatic rings. The van der Waals surface area contributed by atoms with Crippen LogP contribution in [-0.2, 0) is 16.0 Å². The van der Waals surface area contributed by atoms with Gasteiger partial charge in [-0.2, -0.15) is 4.98 Å². The van der Waals surface area contributed by atoms with Crippen molar-refractivity contribution < 1.29 is 14.3 Å². The number of methoxy groups -OCH3 is 1. The molecular weight excluding hydrogens is 334 g/mol. The highest BCUT2D eigenvalue weighted by atomic mass is 16.5. The third-order valence-corrected chi connectivity index (χ3v) is 4.54. The lowest BCUT2D eigenvalue weighted by atomic mass is 10.1. The lowest BCUT2D eigenvalue weighted by molar-refractivity contribution is 0.102. The second-order valence-electron chi connectivity index (χ2n) is 6.28. The summed E-state index contributed by atoms with van der Waals surface area (Å²) in [5.74, 6) is 0.668. The fraction of sp³-hybridized carbons (Fsp3) is 0.389. The third-order valence-electron chi connectivity index (χ3n) is 4.54. The van der Waals surface area contributed by atoms with Crippen LogP contribution in [0.5, 0.6) is 0 Å². The molecule has 0 spiro atoms. The summed E-state index contributed by atoms with van der Waals surface area (Å²) in [6, 6.07) is 7.62. The number of H-pyrrole nitrogens is 1. The SMILES string of the molecule is COCCn1ccc2ccc(C(=O)Nc3n[nH]c(C4CCCO4)n3)cc21. The molecule has 0 radical (unpaired) electrons. The number of carbonyl (C=O) groups is 1. The van der Waals surface area contributed by atoms with Crippen LogP contribution in [0.1, 0.15) is 35.1 Å². The van der Waals surface area contributed by atoms with Gasteiger partial charge in [0.05, 0.1) is 6.61 Å². The largest absolute Gasteiger partial charge is 0.383 e. The topological polar surface area (TPSA) is 94.1 Å². The Bertz CT molecular complexity index is 911. The van der Waals surface area contributed by atoms with Crippen molar-refractivity contribution in [2.24, 2.45) is 0 Å². The van der Waals surface area contributed by atoms with E-state index in [1.54, 1.807) is 13.2 Å². The Morgan fingerprint density at radius 2 is 2.38 bits per heavy atom. The highest BCUT2D eigenvalue weighted by Crippen LogP contribution is 2.26. The number of fused-ring (bicyclic) bond motifs is 1. The van der Waals surface area contributed by atoms with Crippen LogP contribution in [0.2, 0.25) is 0 Å². The van der Waals surface area contributed by atoms with E-state index in [2.05, 4.69) is 25.1 Å². The van der Waals surface area contributed by atoms with Gasteiger partial charge in [0.1, 0.15) is 6.10 Å². The normalized spacial score (nSPS) is 17.0. The van der Waals surface area contributed by atoms with Crippen molar-refractivity contribution >= 4 is 22.8 Å².